The van der Waals surface area contributed by atoms with Gasteiger partial charge >= 0.3 is 0 Å². The molecule has 1 aromatic heterocycles. The Labute approximate surface area is 116 Å². The van der Waals surface area contributed by atoms with Crippen LogP contribution in [-0.4, -0.2) is 16.9 Å². The molecule has 0 unspecified atom stereocenters. The van der Waals surface area contributed by atoms with Gasteiger partial charge in [-0.25, -0.2) is 0 Å². The molecule has 0 spiro atoms. The number of nitrogens with zero attached hydrogens (tertiary/aromatic N) is 1. The Bertz CT molecular complexity index is 741. The second kappa shape index (κ2) is 5.57. The molecule has 5 heteroatoms. The summed E-state index contributed by atoms with van der Waals surface area (Å²) in [6.45, 7) is 3.69. The van der Waals surface area contributed by atoms with Gasteiger partial charge in [-0.1, -0.05) is 32.0 Å². The van der Waals surface area contributed by atoms with Crippen LogP contribution in [0.15, 0.2) is 35.1 Å². The van der Waals surface area contributed by atoms with Gasteiger partial charge < -0.3 is 10.3 Å². The van der Waals surface area contributed by atoms with Crippen LogP contribution in [0, 0.1) is 17.2 Å². The van der Waals surface area contributed by atoms with Crippen molar-refractivity contribution >= 4 is 16.7 Å². The number of carbonyl (C=O) groups is 1. The average Bonchev–Trinajstić information content (AvgIpc) is 2.44. The van der Waals surface area contributed by atoms with Gasteiger partial charge in [-0.15, -0.1) is 0 Å². The number of nitriles is 1. The zero-order valence-electron chi connectivity index (χ0n) is 11.3. The lowest BCUT2D eigenvalue weighted by Gasteiger charge is -2.14. The Balaban J connectivity index is 2.36. The maximum atomic E-state index is 12.1. The lowest BCUT2D eigenvalue weighted by atomic mass is 10.1. The number of nitrogens with one attached hydrogen (secondary N) is 2. The summed E-state index contributed by atoms with van der Waals surface area (Å²) in [6, 6.07) is 10.1. The lowest BCUT2D eigenvalue weighted by Crippen LogP contribution is -2.38. The van der Waals surface area contributed by atoms with E-state index in [1.165, 1.54) is 0 Å². The second-order valence-corrected chi connectivity index (χ2v) is 4.92. The number of hydrogen-bond donors (Lipinski definition) is 2. The van der Waals surface area contributed by atoms with Crippen LogP contribution in [-0.2, 0) is 0 Å². The van der Waals surface area contributed by atoms with E-state index < -0.39 is 11.9 Å². The molecule has 0 aliphatic heterocycles. The monoisotopic (exact) mass is 269 g/mol. The van der Waals surface area contributed by atoms with Gasteiger partial charge in [0.2, 0.25) is 0 Å². The SMILES string of the molecule is CC(C)[C@@H](C#N)NC(=O)c1cc2ccccc2c(=O)[nH]1. The molecule has 2 rings (SSSR count). The van der Waals surface area contributed by atoms with E-state index in [4.69, 9.17) is 5.26 Å². The molecular weight excluding hydrogens is 254 g/mol. The molecule has 5 nitrogen and oxygen atoms in total. The first kappa shape index (κ1) is 13.8. The fourth-order valence-corrected chi connectivity index (χ4v) is 1.90. The summed E-state index contributed by atoms with van der Waals surface area (Å²) in [5.41, 5.74) is -0.152. The highest BCUT2D eigenvalue weighted by atomic mass is 16.2. The number of pyridine rings is 1. The highest BCUT2D eigenvalue weighted by Crippen LogP contribution is 2.10. The summed E-state index contributed by atoms with van der Waals surface area (Å²) in [5, 5.41) is 12.8. The van der Waals surface area contributed by atoms with Crippen LogP contribution >= 0.6 is 0 Å². The van der Waals surface area contributed by atoms with Gasteiger partial charge in [-0.3, -0.25) is 9.59 Å². The molecule has 102 valence electrons. The Morgan fingerprint density at radius 1 is 1.35 bits per heavy atom. The van der Waals surface area contributed by atoms with Crippen LogP contribution in [0.1, 0.15) is 24.3 Å². The van der Waals surface area contributed by atoms with Crippen LogP contribution < -0.4 is 10.9 Å². The van der Waals surface area contributed by atoms with Crippen molar-refractivity contribution < 1.29 is 4.79 Å². The van der Waals surface area contributed by atoms with Crippen molar-refractivity contribution in [3.63, 3.8) is 0 Å². The van der Waals surface area contributed by atoms with E-state index in [1.807, 2.05) is 19.9 Å². The van der Waals surface area contributed by atoms with Crippen molar-refractivity contribution in [2.45, 2.75) is 19.9 Å². The highest BCUT2D eigenvalue weighted by Gasteiger charge is 2.17. The summed E-state index contributed by atoms with van der Waals surface area (Å²) < 4.78 is 0. The number of fused-ring (bicyclic) bond motifs is 1. The topological polar surface area (TPSA) is 85.8 Å². The molecule has 0 fully saturated rings. The maximum Gasteiger partial charge on any atom is 0.268 e. The minimum Gasteiger partial charge on any atom is -0.335 e. The van der Waals surface area contributed by atoms with E-state index in [-0.39, 0.29) is 17.2 Å². The quantitative estimate of drug-likeness (QED) is 0.891. The fourth-order valence-electron chi connectivity index (χ4n) is 1.90. The molecule has 1 amide bonds. The first-order chi connectivity index (χ1) is 9.52. The van der Waals surface area contributed by atoms with Crippen LogP contribution in [0.4, 0.5) is 0 Å². The van der Waals surface area contributed by atoms with Crippen molar-refractivity contribution in [2.75, 3.05) is 0 Å². The molecule has 0 aliphatic carbocycles. The van der Waals surface area contributed by atoms with Crippen molar-refractivity contribution in [2.24, 2.45) is 5.92 Å². The smallest absolute Gasteiger partial charge is 0.268 e. The van der Waals surface area contributed by atoms with Gasteiger partial charge in [0.05, 0.1) is 6.07 Å². The van der Waals surface area contributed by atoms with Crippen LogP contribution in [0.2, 0.25) is 0 Å². The molecule has 1 aromatic carbocycles. The summed E-state index contributed by atoms with van der Waals surface area (Å²) in [7, 11) is 0. The van der Waals surface area contributed by atoms with Crippen LogP contribution in [0.25, 0.3) is 10.8 Å². The van der Waals surface area contributed by atoms with Crippen LogP contribution in [0.3, 0.4) is 0 Å². The molecule has 0 bridgehead atoms. The van der Waals surface area contributed by atoms with Crippen LogP contribution in [0.5, 0.6) is 0 Å². The minimum absolute atomic E-state index is 0.00358. The predicted molar refractivity (Wildman–Crippen MR) is 76.3 cm³/mol. The van der Waals surface area contributed by atoms with E-state index in [0.29, 0.717) is 10.8 Å². The van der Waals surface area contributed by atoms with Crippen molar-refractivity contribution in [1.82, 2.24) is 10.3 Å². The summed E-state index contributed by atoms with van der Waals surface area (Å²) >= 11 is 0. The van der Waals surface area contributed by atoms with E-state index in [2.05, 4.69) is 10.3 Å². The molecule has 20 heavy (non-hydrogen) atoms. The van der Waals surface area contributed by atoms with Gasteiger partial charge in [-0.05, 0) is 23.4 Å². The zero-order valence-corrected chi connectivity index (χ0v) is 11.3. The third-order valence-electron chi connectivity index (χ3n) is 3.09. The number of carbonyl (C=O) groups excluding carboxylic acids is 1. The van der Waals surface area contributed by atoms with Crippen molar-refractivity contribution in [3.8, 4) is 6.07 Å². The molecule has 0 saturated carbocycles. The number of benzene rings is 1. The number of hydrogen-bond acceptors (Lipinski definition) is 3. The van der Waals surface area contributed by atoms with Gasteiger partial charge in [0.25, 0.3) is 11.5 Å². The van der Waals surface area contributed by atoms with Gasteiger partial charge in [0, 0.05) is 5.39 Å². The Hall–Kier alpha value is -2.61. The van der Waals surface area contributed by atoms with E-state index >= 15 is 0 Å². The highest BCUT2D eigenvalue weighted by molar-refractivity contribution is 5.96. The minimum atomic E-state index is -0.586. The molecule has 2 N–H and O–H groups in total. The molecule has 2 aromatic rings. The summed E-state index contributed by atoms with van der Waals surface area (Å²) in [6.07, 6.45) is 0. The van der Waals surface area contributed by atoms with E-state index in [0.717, 1.165) is 0 Å². The molecule has 1 heterocycles. The number of H-pyrrole nitrogens is 1. The van der Waals surface area contributed by atoms with Gasteiger partial charge in [-0.2, -0.15) is 5.26 Å². The van der Waals surface area contributed by atoms with Crippen molar-refractivity contribution in [3.05, 3.63) is 46.4 Å². The van der Waals surface area contributed by atoms with E-state index in [9.17, 15) is 9.59 Å². The van der Waals surface area contributed by atoms with Gasteiger partial charge in [0.1, 0.15) is 11.7 Å². The predicted octanol–water partition coefficient (Wildman–Crippen LogP) is 1.81. The maximum absolute atomic E-state index is 12.1. The Morgan fingerprint density at radius 2 is 2.05 bits per heavy atom. The zero-order chi connectivity index (χ0) is 14.7. The third-order valence-corrected chi connectivity index (χ3v) is 3.09. The van der Waals surface area contributed by atoms with Crippen molar-refractivity contribution in [1.29, 1.82) is 5.26 Å². The van der Waals surface area contributed by atoms with E-state index in [1.54, 1.807) is 30.3 Å². The number of rotatable bonds is 3. The lowest BCUT2D eigenvalue weighted by molar-refractivity contribution is 0.0932. The molecule has 0 saturated heterocycles. The molecule has 0 radical (unpaired) electrons. The first-order valence-electron chi connectivity index (χ1n) is 6.35. The third kappa shape index (κ3) is 2.69. The number of aromatic nitrogens is 1. The summed E-state index contributed by atoms with van der Waals surface area (Å²) in [5.74, 6) is -0.454. The largest absolute Gasteiger partial charge is 0.335 e. The molecule has 1 atom stereocenters. The normalized spacial score (nSPS) is 12.1. The Morgan fingerprint density at radius 3 is 2.70 bits per heavy atom. The second-order valence-electron chi connectivity index (χ2n) is 4.92. The fraction of sp³-hybridized carbons (Fsp3) is 0.267. The van der Waals surface area contributed by atoms with Gasteiger partial charge in [0.15, 0.2) is 0 Å². The molecular formula is C15H15N3O2. The first-order valence-corrected chi connectivity index (χ1v) is 6.35. The summed E-state index contributed by atoms with van der Waals surface area (Å²) in [4.78, 5) is 26.5. The number of amides is 1. The number of aromatic amines is 1. The molecule has 0 aliphatic rings. The standard InChI is InChI=1S/C15H15N3O2/c1-9(2)13(8-16)18-15(20)12-7-10-5-3-4-6-11(10)14(19)17-12/h3-7,9,13H,1-2H3,(H,17,19)(H,18,20)/t13-/m1/s1. The Kier molecular flexibility index (Phi) is 3.85. The average molecular weight is 269 g/mol.